The Kier molecular flexibility index (Phi) is 5.57. The van der Waals surface area contributed by atoms with Gasteiger partial charge < -0.3 is 21.3 Å². The number of hydrogen-bond acceptors (Lipinski definition) is 6. The molecule has 3 amide bonds. The number of rotatable bonds is 6. The van der Waals surface area contributed by atoms with Gasteiger partial charge >= 0.3 is 0 Å². The molecular formula is C18H20FN5O4. The predicted molar refractivity (Wildman–Crippen MR) is 97.9 cm³/mol. The van der Waals surface area contributed by atoms with E-state index in [1.807, 2.05) is 0 Å². The lowest BCUT2D eigenvalue weighted by Crippen LogP contribution is -2.43. The van der Waals surface area contributed by atoms with Crippen LogP contribution in [-0.4, -0.2) is 35.5 Å². The first-order valence-electron chi connectivity index (χ1n) is 8.78. The fourth-order valence-electron chi connectivity index (χ4n) is 3.14. The molecule has 1 aromatic carbocycles. The van der Waals surface area contributed by atoms with Gasteiger partial charge in [0, 0.05) is 11.7 Å². The molecule has 1 aliphatic rings. The van der Waals surface area contributed by atoms with Crippen molar-refractivity contribution < 1.29 is 23.3 Å². The molecule has 1 heterocycles. The van der Waals surface area contributed by atoms with Gasteiger partial charge in [-0.3, -0.25) is 19.3 Å². The van der Waals surface area contributed by atoms with Crippen molar-refractivity contribution in [2.45, 2.75) is 31.7 Å². The Balaban J connectivity index is 1.87. The van der Waals surface area contributed by atoms with Crippen LogP contribution in [-0.2, 0) is 4.79 Å². The third-order valence-electron chi connectivity index (χ3n) is 4.56. The summed E-state index contributed by atoms with van der Waals surface area (Å²) < 4.78 is 18.2. The van der Waals surface area contributed by atoms with Gasteiger partial charge in [0.1, 0.15) is 18.0 Å². The van der Waals surface area contributed by atoms with Crippen LogP contribution in [0.2, 0.25) is 0 Å². The molecule has 5 N–H and O–H groups in total. The van der Waals surface area contributed by atoms with Gasteiger partial charge in [-0.05, 0) is 37.1 Å². The molecule has 0 spiro atoms. The Morgan fingerprint density at radius 1 is 1.21 bits per heavy atom. The second kappa shape index (κ2) is 8.07. The average molecular weight is 389 g/mol. The van der Waals surface area contributed by atoms with Crippen molar-refractivity contribution in [2.75, 3.05) is 17.2 Å². The molecule has 1 saturated carbocycles. The van der Waals surface area contributed by atoms with E-state index >= 15 is 0 Å². The van der Waals surface area contributed by atoms with E-state index in [0.717, 1.165) is 42.7 Å². The number of amides is 3. The quantitative estimate of drug-likeness (QED) is 0.677. The van der Waals surface area contributed by atoms with E-state index in [4.69, 9.17) is 16.0 Å². The minimum Gasteiger partial charge on any atom is -0.393 e. The van der Waals surface area contributed by atoms with E-state index < -0.39 is 23.4 Å². The first-order chi connectivity index (χ1) is 13.4. The summed E-state index contributed by atoms with van der Waals surface area (Å²) in [5.41, 5.74) is 10.4. The van der Waals surface area contributed by atoms with E-state index in [1.165, 1.54) is 12.1 Å². The molecule has 3 rings (SSSR count). The summed E-state index contributed by atoms with van der Waals surface area (Å²) in [5, 5.41) is 6.28. The van der Waals surface area contributed by atoms with Gasteiger partial charge in [-0.25, -0.2) is 4.39 Å². The number of nitrogens with zero attached hydrogens (tertiary/aromatic N) is 2. The van der Waals surface area contributed by atoms with E-state index in [2.05, 4.69) is 10.5 Å². The molecule has 0 bridgehead atoms. The van der Waals surface area contributed by atoms with Gasteiger partial charge in [0.05, 0.1) is 0 Å². The third-order valence-corrected chi connectivity index (χ3v) is 4.56. The monoisotopic (exact) mass is 389 g/mol. The number of aromatic nitrogens is 1. The van der Waals surface area contributed by atoms with E-state index in [0.29, 0.717) is 0 Å². The second-order valence-electron chi connectivity index (χ2n) is 6.55. The number of carbonyl (C=O) groups excluding carboxylic acids is 3. The summed E-state index contributed by atoms with van der Waals surface area (Å²) in [6, 6.07) is 5.07. The number of hydrogen-bond donors (Lipinski definition) is 3. The van der Waals surface area contributed by atoms with Crippen LogP contribution in [0.4, 0.5) is 15.8 Å². The van der Waals surface area contributed by atoms with Crippen molar-refractivity contribution in [1.82, 2.24) is 10.5 Å². The zero-order valence-electron chi connectivity index (χ0n) is 15.0. The van der Waals surface area contributed by atoms with Crippen LogP contribution >= 0.6 is 0 Å². The molecule has 0 unspecified atom stereocenters. The number of primary amides is 1. The average Bonchev–Trinajstić information content (AvgIpc) is 3.29. The summed E-state index contributed by atoms with van der Waals surface area (Å²) >= 11 is 0. The highest BCUT2D eigenvalue weighted by atomic mass is 19.1. The SMILES string of the molecule is NC(=O)c1noc(C(=O)N(CC(=O)NC2CCCC2)c2ccc(F)cc2)c1N. The highest BCUT2D eigenvalue weighted by molar-refractivity contribution is 6.12. The smallest absolute Gasteiger partial charge is 0.299 e. The lowest BCUT2D eigenvalue weighted by molar-refractivity contribution is -0.120. The summed E-state index contributed by atoms with van der Waals surface area (Å²) in [4.78, 5) is 37.8. The fourth-order valence-corrected chi connectivity index (χ4v) is 3.14. The minimum absolute atomic E-state index is 0.0643. The maximum Gasteiger partial charge on any atom is 0.299 e. The van der Waals surface area contributed by atoms with Crippen LogP contribution in [0.25, 0.3) is 0 Å². The number of anilines is 2. The summed E-state index contributed by atoms with van der Waals surface area (Å²) in [5.74, 6) is -3.05. The normalized spacial score (nSPS) is 14.0. The Labute approximate surface area is 159 Å². The summed E-state index contributed by atoms with van der Waals surface area (Å²) in [6.45, 7) is -0.340. The molecule has 1 aliphatic carbocycles. The van der Waals surface area contributed by atoms with Gasteiger partial charge in [-0.1, -0.05) is 18.0 Å². The molecule has 0 radical (unpaired) electrons. The predicted octanol–water partition coefficient (Wildman–Crippen LogP) is 1.20. The molecular weight excluding hydrogens is 369 g/mol. The first-order valence-corrected chi connectivity index (χ1v) is 8.78. The van der Waals surface area contributed by atoms with Crippen LogP contribution in [0.3, 0.4) is 0 Å². The molecule has 0 saturated heterocycles. The van der Waals surface area contributed by atoms with Gasteiger partial charge in [0.25, 0.3) is 11.8 Å². The Morgan fingerprint density at radius 2 is 1.86 bits per heavy atom. The van der Waals surface area contributed by atoms with Crippen LogP contribution in [0, 0.1) is 5.82 Å². The number of halogens is 1. The Morgan fingerprint density at radius 3 is 2.43 bits per heavy atom. The number of nitrogen functional groups attached to an aromatic ring is 1. The zero-order valence-corrected chi connectivity index (χ0v) is 15.0. The summed E-state index contributed by atoms with van der Waals surface area (Å²) in [7, 11) is 0. The maximum atomic E-state index is 13.3. The van der Waals surface area contributed by atoms with Crippen molar-refractivity contribution in [2.24, 2.45) is 5.73 Å². The highest BCUT2D eigenvalue weighted by Crippen LogP contribution is 2.23. The van der Waals surface area contributed by atoms with Crippen LogP contribution in [0.5, 0.6) is 0 Å². The topological polar surface area (TPSA) is 145 Å². The Bertz CT molecular complexity index is 890. The van der Waals surface area contributed by atoms with E-state index in [9.17, 15) is 18.8 Å². The van der Waals surface area contributed by atoms with E-state index in [1.54, 1.807) is 0 Å². The second-order valence-corrected chi connectivity index (χ2v) is 6.55. The lowest BCUT2D eigenvalue weighted by Gasteiger charge is -2.22. The molecule has 1 fully saturated rings. The number of benzene rings is 1. The van der Waals surface area contributed by atoms with Crippen LogP contribution < -0.4 is 21.7 Å². The molecule has 10 heteroatoms. The van der Waals surface area contributed by atoms with E-state index in [-0.39, 0.29) is 35.6 Å². The van der Waals surface area contributed by atoms with Crippen LogP contribution in [0.1, 0.15) is 46.7 Å². The van der Waals surface area contributed by atoms with Crippen molar-refractivity contribution >= 4 is 29.1 Å². The molecule has 2 aromatic rings. The zero-order chi connectivity index (χ0) is 20.3. The standard InChI is InChI=1S/C18H20FN5O4/c19-10-5-7-12(8-6-10)24(9-13(25)22-11-3-1-2-4-11)18(27)16-14(20)15(17(21)26)23-28-16/h5-8,11H,1-4,9,20H2,(H2,21,26)(H,22,25). The molecule has 0 aliphatic heterocycles. The van der Waals surface area contributed by atoms with Crippen molar-refractivity contribution in [3.8, 4) is 0 Å². The maximum absolute atomic E-state index is 13.3. The molecule has 1 aromatic heterocycles. The van der Waals surface area contributed by atoms with Crippen molar-refractivity contribution in [3.63, 3.8) is 0 Å². The lowest BCUT2D eigenvalue weighted by atomic mass is 10.2. The third kappa shape index (κ3) is 4.11. The summed E-state index contributed by atoms with van der Waals surface area (Å²) in [6.07, 6.45) is 3.84. The molecule has 0 atom stereocenters. The van der Waals surface area contributed by atoms with Crippen molar-refractivity contribution in [3.05, 3.63) is 41.5 Å². The van der Waals surface area contributed by atoms with Gasteiger partial charge in [0.15, 0.2) is 5.69 Å². The molecule has 28 heavy (non-hydrogen) atoms. The van der Waals surface area contributed by atoms with Gasteiger partial charge in [-0.15, -0.1) is 0 Å². The van der Waals surface area contributed by atoms with Gasteiger partial charge in [0.2, 0.25) is 11.7 Å². The number of carbonyl (C=O) groups is 3. The Hall–Kier alpha value is -3.43. The first kappa shape index (κ1) is 19.3. The largest absolute Gasteiger partial charge is 0.393 e. The minimum atomic E-state index is -0.951. The fraction of sp³-hybridized carbons (Fsp3) is 0.333. The molecule has 9 nitrogen and oxygen atoms in total. The number of nitrogens with one attached hydrogen (secondary N) is 1. The van der Waals surface area contributed by atoms with Gasteiger partial charge in [-0.2, -0.15) is 0 Å². The molecule has 148 valence electrons. The van der Waals surface area contributed by atoms with Crippen LogP contribution in [0.15, 0.2) is 28.8 Å². The van der Waals surface area contributed by atoms with Crippen molar-refractivity contribution in [1.29, 1.82) is 0 Å². The number of nitrogens with two attached hydrogens (primary N) is 2. The highest BCUT2D eigenvalue weighted by Gasteiger charge is 2.30.